The van der Waals surface area contributed by atoms with Crippen LogP contribution in [0.5, 0.6) is 0 Å². The Morgan fingerprint density at radius 2 is 2.26 bits per heavy atom. The maximum Gasteiger partial charge on any atom is 0.410 e. The molecule has 104 valence electrons. The molecule has 1 atom stereocenters. The van der Waals surface area contributed by atoms with Crippen molar-refractivity contribution in [2.75, 3.05) is 13.1 Å². The number of hydrogen-bond acceptors (Lipinski definition) is 5. The van der Waals surface area contributed by atoms with E-state index in [0.29, 0.717) is 13.1 Å². The Morgan fingerprint density at radius 3 is 2.79 bits per heavy atom. The Bertz CT molecular complexity index is 417. The van der Waals surface area contributed by atoms with Crippen LogP contribution in [-0.4, -0.2) is 41.9 Å². The second-order valence-electron chi connectivity index (χ2n) is 5.43. The highest BCUT2D eigenvalue weighted by Gasteiger charge is 2.29. The number of carbonyl (C=O) groups is 1. The third-order valence-corrected chi connectivity index (χ3v) is 2.60. The number of amides is 1. The van der Waals surface area contributed by atoms with Gasteiger partial charge in [0.25, 0.3) is 0 Å². The summed E-state index contributed by atoms with van der Waals surface area (Å²) in [6.45, 7) is 6.68. The van der Waals surface area contributed by atoms with Crippen molar-refractivity contribution in [1.29, 1.82) is 10.7 Å². The van der Waals surface area contributed by atoms with E-state index < -0.39 is 5.60 Å². The van der Waals surface area contributed by atoms with Crippen molar-refractivity contribution in [3.63, 3.8) is 0 Å². The number of nitrogens with one attached hydrogen (secondary N) is 2. The normalized spacial score (nSPS) is 19.8. The minimum atomic E-state index is -0.489. The minimum Gasteiger partial charge on any atom is -0.444 e. The summed E-state index contributed by atoms with van der Waals surface area (Å²) in [5, 5.41) is 18.7. The molecule has 2 N–H and O–H groups in total. The molecule has 1 aliphatic rings. The average molecular weight is 264 g/mol. The minimum absolute atomic E-state index is 0.0934. The molecule has 1 amide bonds. The zero-order chi connectivity index (χ0) is 14.5. The molecule has 0 unspecified atom stereocenters. The maximum absolute atomic E-state index is 11.8. The highest BCUT2D eigenvalue weighted by Crippen LogP contribution is 2.15. The lowest BCUT2D eigenvalue weighted by Gasteiger charge is -2.24. The van der Waals surface area contributed by atoms with Gasteiger partial charge in [-0.2, -0.15) is 5.26 Å². The van der Waals surface area contributed by atoms with E-state index >= 15 is 0 Å². The van der Waals surface area contributed by atoms with Crippen molar-refractivity contribution in [3.8, 4) is 6.07 Å². The third kappa shape index (κ3) is 5.00. The number of ether oxygens (including phenoxy) is 1. The molecule has 0 aromatic rings. The van der Waals surface area contributed by atoms with Gasteiger partial charge in [0, 0.05) is 31.5 Å². The zero-order valence-electron chi connectivity index (χ0n) is 11.6. The van der Waals surface area contributed by atoms with Crippen LogP contribution in [0.4, 0.5) is 4.79 Å². The van der Waals surface area contributed by atoms with Gasteiger partial charge >= 0.3 is 6.09 Å². The van der Waals surface area contributed by atoms with Crippen LogP contribution in [0, 0.1) is 16.7 Å². The van der Waals surface area contributed by atoms with E-state index in [9.17, 15) is 4.79 Å². The van der Waals surface area contributed by atoms with Crippen LogP contribution in [0.25, 0.3) is 0 Å². The number of hydrogen-bond donors (Lipinski definition) is 2. The van der Waals surface area contributed by atoms with Crippen LogP contribution in [0.15, 0.2) is 11.8 Å². The second kappa shape index (κ2) is 6.23. The Kier molecular flexibility index (Phi) is 4.93. The van der Waals surface area contributed by atoms with Gasteiger partial charge < -0.3 is 20.4 Å². The van der Waals surface area contributed by atoms with E-state index in [-0.39, 0.29) is 17.7 Å². The topological polar surface area (TPSA) is 89.2 Å². The summed E-state index contributed by atoms with van der Waals surface area (Å²) in [4.78, 5) is 13.5. The molecule has 0 bridgehead atoms. The highest BCUT2D eigenvalue weighted by molar-refractivity contribution is 5.80. The standard InChI is InChI=1S/C13H20N4O2/c1-13(2,3)19-12(18)17-5-4-11(9-17)16-8-10(6-14)7-15/h6,8,11,14,16H,4-5,9H2,1-3H3/b10-8+,14-6?/t11-/m0/s1. The molecule has 6 nitrogen and oxygen atoms in total. The monoisotopic (exact) mass is 264 g/mol. The number of allylic oxidation sites excluding steroid dienone is 1. The van der Waals surface area contributed by atoms with Gasteiger partial charge in [0.1, 0.15) is 11.7 Å². The molecule has 0 radical (unpaired) electrons. The van der Waals surface area contributed by atoms with E-state index in [0.717, 1.165) is 12.6 Å². The molecule has 0 aliphatic carbocycles. The summed E-state index contributed by atoms with van der Waals surface area (Å²) in [7, 11) is 0. The first-order valence-corrected chi connectivity index (χ1v) is 6.20. The van der Waals surface area contributed by atoms with E-state index in [2.05, 4.69) is 5.32 Å². The number of likely N-dealkylation sites (tertiary alicyclic amines) is 1. The van der Waals surface area contributed by atoms with Crippen LogP contribution in [0.3, 0.4) is 0 Å². The van der Waals surface area contributed by atoms with Gasteiger partial charge in [-0.15, -0.1) is 0 Å². The fourth-order valence-electron chi connectivity index (χ4n) is 1.70. The lowest BCUT2D eigenvalue weighted by molar-refractivity contribution is 0.0291. The van der Waals surface area contributed by atoms with Gasteiger partial charge in [-0.25, -0.2) is 4.79 Å². The Hall–Kier alpha value is -2.03. The third-order valence-electron chi connectivity index (χ3n) is 2.60. The Balaban J connectivity index is 2.46. The van der Waals surface area contributed by atoms with Crippen molar-refractivity contribution in [2.24, 2.45) is 0 Å². The van der Waals surface area contributed by atoms with Crippen LogP contribution in [-0.2, 0) is 4.74 Å². The van der Waals surface area contributed by atoms with E-state index in [1.807, 2.05) is 26.8 Å². The van der Waals surface area contributed by atoms with Gasteiger partial charge in [0.15, 0.2) is 0 Å². The molecular weight excluding hydrogens is 244 g/mol. The van der Waals surface area contributed by atoms with Crippen LogP contribution < -0.4 is 5.32 Å². The van der Waals surface area contributed by atoms with Crippen LogP contribution in [0.1, 0.15) is 27.2 Å². The summed E-state index contributed by atoms with van der Waals surface area (Å²) in [6.07, 6.45) is 2.99. The number of rotatable bonds is 3. The van der Waals surface area contributed by atoms with Crippen molar-refractivity contribution in [3.05, 3.63) is 11.8 Å². The first-order chi connectivity index (χ1) is 8.85. The molecule has 19 heavy (non-hydrogen) atoms. The average Bonchev–Trinajstić information content (AvgIpc) is 2.77. The summed E-state index contributed by atoms with van der Waals surface area (Å²) in [6, 6.07) is 1.98. The zero-order valence-corrected chi connectivity index (χ0v) is 11.6. The first kappa shape index (κ1) is 15.0. The SMILES string of the molecule is CC(C)(C)OC(=O)N1CC[C@H](N/C=C(/C#N)C=N)C1. The molecule has 6 heteroatoms. The van der Waals surface area contributed by atoms with Gasteiger partial charge in [0.05, 0.1) is 5.57 Å². The summed E-state index contributed by atoms with van der Waals surface area (Å²) in [5.74, 6) is 0. The molecular formula is C13H20N4O2. The van der Waals surface area contributed by atoms with Gasteiger partial charge in [-0.05, 0) is 27.2 Å². The van der Waals surface area contributed by atoms with Crippen molar-refractivity contribution in [1.82, 2.24) is 10.2 Å². The number of nitrogens with zero attached hydrogens (tertiary/aromatic N) is 2. The fraction of sp³-hybridized carbons (Fsp3) is 0.615. The van der Waals surface area contributed by atoms with Crippen molar-refractivity contribution >= 4 is 12.3 Å². The van der Waals surface area contributed by atoms with Crippen LogP contribution >= 0.6 is 0 Å². The smallest absolute Gasteiger partial charge is 0.410 e. The molecule has 1 rings (SSSR count). The molecule has 1 saturated heterocycles. The highest BCUT2D eigenvalue weighted by atomic mass is 16.6. The van der Waals surface area contributed by atoms with Gasteiger partial charge in [0.2, 0.25) is 0 Å². The van der Waals surface area contributed by atoms with E-state index in [4.69, 9.17) is 15.4 Å². The molecule has 1 aliphatic heterocycles. The molecule has 0 saturated carbocycles. The second-order valence-corrected chi connectivity index (χ2v) is 5.43. The van der Waals surface area contributed by atoms with Gasteiger partial charge in [-0.3, -0.25) is 0 Å². The van der Waals surface area contributed by atoms with Crippen molar-refractivity contribution in [2.45, 2.75) is 38.8 Å². The van der Waals surface area contributed by atoms with E-state index in [1.54, 1.807) is 4.90 Å². The van der Waals surface area contributed by atoms with Crippen molar-refractivity contribution < 1.29 is 9.53 Å². The molecule has 0 aromatic carbocycles. The molecule has 0 spiro atoms. The van der Waals surface area contributed by atoms with Gasteiger partial charge in [-0.1, -0.05) is 0 Å². The number of carbonyl (C=O) groups excluding carboxylic acids is 1. The molecule has 0 aromatic heterocycles. The molecule has 1 fully saturated rings. The lowest BCUT2D eigenvalue weighted by atomic mass is 10.2. The predicted octanol–water partition coefficient (Wildman–Crippen LogP) is 1.64. The Labute approximate surface area is 113 Å². The molecule has 1 heterocycles. The Morgan fingerprint density at radius 1 is 1.58 bits per heavy atom. The quantitative estimate of drug-likeness (QED) is 0.599. The maximum atomic E-state index is 11.8. The van der Waals surface area contributed by atoms with E-state index in [1.165, 1.54) is 6.20 Å². The fourth-order valence-corrected chi connectivity index (χ4v) is 1.70. The largest absolute Gasteiger partial charge is 0.444 e. The number of nitriles is 1. The summed E-state index contributed by atoms with van der Waals surface area (Å²) >= 11 is 0. The summed E-state index contributed by atoms with van der Waals surface area (Å²) in [5.41, 5.74) is -0.230. The van der Waals surface area contributed by atoms with Crippen LogP contribution in [0.2, 0.25) is 0 Å². The predicted molar refractivity (Wildman–Crippen MR) is 71.8 cm³/mol. The summed E-state index contributed by atoms with van der Waals surface area (Å²) < 4.78 is 5.29. The lowest BCUT2D eigenvalue weighted by Crippen LogP contribution is -2.37. The first-order valence-electron chi connectivity index (χ1n) is 6.20.